The second-order valence-electron chi connectivity index (χ2n) is 2.19. The normalized spacial score (nSPS) is 10.2. The van der Waals surface area contributed by atoms with Crippen LogP contribution in [0.3, 0.4) is 0 Å². The van der Waals surface area contributed by atoms with Crippen molar-refractivity contribution in [2.45, 2.75) is 11.8 Å². The van der Waals surface area contributed by atoms with E-state index in [1.807, 2.05) is 12.3 Å². The van der Waals surface area contributed by atoms with Gasteiger partial charge in [-0.05, 0) is 25.3 Å². The molecule has 0 spiro atoms. The van der Waals surface area contributed by atoms with Crippen LogP contribution in [-0.2, 0) is 0 Å². The van der Waals surface area contributed by atoms with E-state index < -0.39 is 0 Å². The molecule has 0 fully saturated rings. The smallest absolute Gasteiger partial charge is 0.140 e. The zero-order valence-electron chi connectivity index (χ0n) is 6.32. The molecule has 1 rings (SSSR count). The van der Waals surface area contributed by atoms with E-state index >= 15 is 0 Å². The maximum atomic E-state index is 13.2. The van der Waals surface area contributed by atoms with E-state index in [0.29, 0.717) is 10.5 Å². The van der Waals surface area contributed by atoms with Gasteiger partial charge in [-0.3, -0.25) is 0 Å². The molecule has 0 N–H and O–H groups in total. The summed E-state index contributed by atoms with van der Waals surface area (Å²) in [5, 5.41) is 0. The Kier molecular flexibility index (Phi) is 2.96. The minimum absolute atomic E-state index is 0.119. The second-order valence-corrected chi connectivity index (χ2v) is 3.89. The molecule has 0 atom stereocenters. The zero-order chi connectivity index (χ0) is 8.43. The van der Waals surface area contributed by atoms with E-state index in [0.717, 1.165) is 4.47 Å². The Hall–Kier alpha value is -0.0200. The summed E-state index contributed by atoms with van der Waals surface area (Å²) in [6, 6.07) is 3.64. The van der Waals surface area contributed by atoms with Crippen LogP contribution in [0.15, 0.2) is 21.5 Å². The maximum Gasteiger partial charge on any atom is 0.140 e. The highest BCUT2D eigenvalue weighted by Gasteiger charge is 2.06. The number of halogens is 2. The van der Waals surface area contributed by atoms with Gasteiger partial charge in [0.25, 0.3) is 0 Å². The van der Waals surface area contributed by atoms with Crippen molar-refractivity contribution in [2.75, 3.05) is 6.26 Å². The molecule has 0 nitrogen and oxygen atoms in total. The number of thioether (sulfide) groups is 1. The Morgan fingerprint density at radius 1 is 1.45 bits per heavy atom. The Morgan fingerprint density at radius 3 is 2.64 bits per heavy atom. The van der Waals surface area contributed by atoms with Crippen LogP contribution in [0.25, 0.3) is 0 Å². The number of hydrogen-bond donors (Lipinski definition) is 0. The molecule has 3 heteroatoms. The van der Waals surface area contributed by atoms with E-state index in [-0.39, 0.29) is 5.82 Å². The Balaban J connectivity index is 3.25. The third-order valence-corrected chi connectivity index (χ3v) is 3.12. The Morgan fingerprint density at radius 2 is 2.09 bits per heavy atom. The van der Waals surface area contributed by atoms with Gasteiger partial charge in [0.05, 0.1) is 0 Å². The molecular formula is C8H8BrFS. The van der Waals surface area contributed by atoms with Crippen molar-refractivity contribution in [1.82, 2.24) is 0 Å². The lowest BCUT2D eigenvalue weighted by atomic mass is 10.2. The molecule has 0 aromatic heterocycles. The molecule has 0 saturated heterocycles. The first-order chi connectivity index (χ1) is 5.16. The lowest BCUT2D eigenvalue weighted by molar-refractivity contribution is 0.591. The Labute approximate surface area is 78.3 Å². The predicted molar refractivity (Wildman–Crippen MR) is 50.6 cm³/mol. The highest BCUT2D eigenvalue weighted by Crippen LogP contribution is 2.26. The van der Waals surface area contributed by atoms with Gasteiger partial charge in [0.15, 0.2) is 0 Å². The summed E-state index contributed by atoms with van der Waals surface area (Å²) in [4.78, 5) is 0.700. The lowest BCUT2D eigenvalue weighted by Crippen LogP contribution is -1.86. The van der Waals surface area contributed by atoms with E-state index in [2.05, 4.69) is 15.9 Å². The molecular weight excluding hydrogens is 227 g/mol. The first-order valence-electron chi connectivity index (χ1n) is 3.15. The fourth-order valence-electron chi connectivity index (χ4n) is 0.794. The second kappa shape index (κ2) is 3.59. The minimum atomic E-state index is -0.119. The van der Waals surface area contributed by atoms with Crippen molar-refractivity contribution >= 4 is 27.7 Å². The summed E-state index contributed by atoms with van der Waals surface area (Å²) in [5.74, 6) is -0.119. The summed E-state index contributed by atoms with van der Waals surface area (Å²) in [7, 11) is 0. The fraction of sp³-hybridized carbons (Fsp3) is 0.250. The molecule has 0 aliphatic heterocycles. The third kappa shape index (κ3) is 1.76. The Bertz CT molecular complexity index is 273. The quantitative estimate of drug-likeness (QED) is 0.670. The molecule has 0 radical (unpaired) electrons. The van der Waals surface area contributed by atoms with Gasteiger partial charge in [-0.1, -0.05) is 15.9 Å². The monoisotopic (exact) mass is 234 g/mol. The SMILES string of the molecule is CSc1ccc(Br)c(C)c1F. The van der Waals surface area contributed by atoms with Crippen LogP contribution in [0, 0.1) is 12.7 Å². The van der Waals surface area contributed by atoms with E-state index in [1.165, 1.54) is 11.8 Å². The summed E-state index contributed by atoms with van der Waals surface area (Å²) < 4.78 is 14.0. The number of benzene rings is 1. The highest BCUT2D eigenvalue weighted by molar-refractivity contribution is 9.10. The largest absolute Gasteiger partial charge is 0.205 e. The molecule has 0 aliphatic carbocycles. The van der Waals surface area contributed by atoms with E-state index in [4.69, 9.17) is 0 Å². The third-order valence-electron chi connectivity index (χ3n) is 1.50. The van der Waals surface area contributed by atoms with Crippen molar-refractivity contribution < 1.29 is 4.39 Å². The average Bonchev–Trinajstić information content (AvgIpc) is 2.01. The van der Waals surface area contributed by atoms with Gasteiger partial charge in [0.1, 0.15) is 5.82 Å². The van der Waals surface area contributed by atoms with Crippen LogP contribution >= 0.6 is 27.7 Å². The molecule has 0 unspecified atom stereocenters. The van der Waals surface area contributed by atoms with Crippen molar-refractivity contribution in [1.29, 1.82) is 0 Å². The van der Waals surface area contributed by atoms with Gasteiger partial charge < -0.3 is 0 Å². The predicted octanol–water partition coefficient (Wildman–Crippen LogP) is 3.62. The summed E-state index contributed by atoms with van der Waals surface area (Å²) >= 11 is 4.68. The van der Waals surface area contributed by atoms with Gasteiger partial charge in [0.2, 0.25) is 0 Å². The molecule has 60 valence electrons. The molecule has 11 heavy (non-hydrogen) atoms. The molecule has 1 aromatic carbocycles. The summed E-state index contributed by atoms with van der Waals surface area (Å²) in [5.41, 5.74) is 0.678. The first-order valence-corrected chi connectivity index (χ1v) is 5.17. The van der Waals surface area contributed by atoms with Crippen LogP contribution < -0.4 is 0 Å². The molecule has 0 aliphatic rings. The maximum absolute atomic E-state index is 13.2. The van der Waals surface area contributed by atoms with Crippen LogP contribution in [0.1, 0.15) is 5.56 Å². The number of hydrogen-bond acceptors (Lipinski definition) is 1. The first kappa shape index (κ1) is 9.07. The van der Waals surface area contributed by atoms with Crippen LogP contribution in [0.2, 0.25) is 0 Å². The van der Waals surface area contributed by atoms with Crippen molar-refractivity contribution in [3.63, 3.8) is 0 Å². The topological polar surface area (TPSA) is 0 Å². The molecule has 0 amide bonds. The zero-order valence-corrected chi connectivity index (χ0v) is 8.72. The van der Waals surface area contributed by atoms with Gasteiger partial charge in [-0.15, -0.1) is 11.8 Å². The van der Waals surface area contributed by atoms with Crippen molar-refractivity contribution in [2.24, 2.45) is 0 Å². The van der Waals surface area contributed by atoms with Crippen molar-refractivity contribution in [3.8, 4) is 0 Å². The molecule has 0 saturated carbocycles. The highest BCUT2D eigenvalue weighted by atomic mass is 79.9. The molecule has 1 aromatic rings. The van der Waals surface area contributed by atoms with Crippen LogP contribution in [-0.4, -0.2) is 6.26 Å². The van der Waals surface area contributed by atoms with Crippen molar-refractivity contribution in [3.05, 3.63) is 28.0 Å². The van der Waals surface area contributed by atoms with E-state index in [1.54, 1.807) is 13.0 Å². The molecule has 0 heterocycles. The summed E-state index contributed by atoms with van der Waals surface area (Å²) in [6.45, 7) is 1.76. The van der Waals surface area contributed by atoms with Gasteiger partial charge in [-0.25, -0.2) is 4.39 Å². The lowest BCUT2D eigenvalue weighted by Gasteiger charge is -2.03. The van der Waals surface area contributed by atoms with Gasteiger partial charge in [-0.2, -0.15) is 0 Å². The number of rotatable bonds is 1. The fourth-order valence-corrected chi connectivity index (χ4v) is 1.64. The van der Waals surface area contributed by atoms with Crippen LogP contribution in [0.4, 0.5) is 4.39 Å². The minimum Gasteiger partial charge on any atom is -0.205 e. The van der Waals surface area contributed by atoms with Crippen LogP contribution in [0.5, 0.6) is 0 Å². The molecule has 0 bridgehead atoms. The average molecular weight is 235 g/mol. The van der Waals surface area contributed by atoms with Gasteiger partial charge >= 0.3 is 0 Å². The van der Waals surface area contributed by atoms with Gasteiger partial charge in [0, 0.05) is 14.9 Å². The van der Waals surface area contributed by atoms with E-state index in [9.17, 15) is 4.39 Å². The standard InChI is InChI=1S/C8H8BrFS/c1-5-6(9)3-4-7(11-2)8(5)10/h3-4H,1-2H3. The summed E-state index contributed by atoms with van der Waals surface area (Å²) in [6.07, 6.45) is 1.87.